The predicted octanol–water partition coefficient (Wildman–Crippen LogP) is 1.38. The highest BCUT2D eigenvalue weighted by atomic mass is 14.8. The highest BCUT2D eigenvalue weighted by molar-refractivity contribution is 4.92. The molecule has 1 nitrogen and oxygen atoms in total. The molecule has 1 rings (SSSR count). The molecule has 0 aliphatic carbocycles. The molecule has 0 radical (unpaired) electrons. The van der Waals surface area contributed by atoms with Crippen LogP contribution in [0.2, 0.25) is 0 Å². The summed E-state index contributed by atoms with van der Waals surface area (Å²) in [5, 5.41) is 3.18. The van der Waals surface area contributed by atoms with Gasteiger partial charge in [-0.2, -0.15) is 0 Å². The fourth-order valence-corrected chi connectivity index (χ4v) is 0.849. The molecule has 0 aromatic rings. The van der Waals surface area contributed by atoms with Crippen LogP contribution in [0.3, 0.4) is 0 Å². The molecule has 0 saturated carbocycles. The van der Waals surface area contributed by atoms with Crippen molar-refractivity contribution < 1.29 is 0 Å². The van der Waals surface area contributed by atoms with E-state index >= 15 is 0 Å². The van der Waals surface area contributed by atoms with Crippen molar-refractivity contribution in [2.24, 2.45) is 11.8 Å². The number of nitrogens with one attached hydrogen (secondary N) is 1. The largest absolute Gasteiger partial charge is 0.391 e. The van der Waals surface area contributed by atoms with E-state index in [2.05, 4.69) is 25.2 Å². The summed E-state index contributed by atoms with van der Waals surface area (Å²) in [6, 6.07) is 0. The monoisotopic (exact) mass is 111 g/mol. The summed E-state index contributed by atoms with van der Waals surface area (Å²) < 4.78 is 0. The molecule has 0 aromatic heterocycles. The minimum absolute atomic E-state index is 0.760. The molecule has 0 bridgehead atoms. The average Bonchev–Trinajstić information content (AvgIpc) is 1.77. The van der Waals surface area contributed by atoms with Crippen LogP contribution in [0.1, 0.15) is 13.8 Å². The molecule has 8 heavy (non-hydrogen) atoms. The van der Waals surface area contributed by atoms with Crippen LogP contribution in [0.4, 0.5) is 0 Å². The molecule has 1 aliphatic heterocycles. The maximum Gasteiger partial charge on any atom is 0.0172 e. The van der Waals surface area contributed by atoms with E-state index in [1.54, 1.807) is 0 Å². The van der Waals surface area contributed by atoms with Gasteiger partial charge in [-0.3, -0.25) is 0 Å². The quantitative estimate of drug-likeness (QED) is 0.498. The Labute approximate surface area is 50.8 Å². The van der Waals surface area contributed by atoms with Gasteiger partial charge in [0.25, 0.3) is 0 Å². The lowest BCUT2D eigenvalue weighted by Gasteiger charge is -2.20. The highest BCUT2D eigenvalue weighted by Gasteiger charge is 2.10. The van der Waals surface area contributed by atoms with E-state index in [4.69, 9.17) is 0 Å². The zero-order valence-electron chi connectivity index (χ0n) is 5.52. The topological polar surface area (TPSA) is 12.0 Å². The van der Waals surface area contributed by atoms with Crippen LogP contribution < -0.4 is 5.32 Å². The second-order valence-electron chi connectivity index (χ2n) is 2.60. The van der Waals surface area contributed by atoms with E-state index in [-0.39, 0.29) is 0 Å². The van der Waals surface area contributed by atoms with Gasteiger partial charge in [-0.15, -0.1) is 0 Å². The summed E-state index contributed by atoms with van der Waals surface area (Å²) in [6.45, 7) is 5.65. The van der Waals surface area contributed by atoms with Gasteiger partial charge in [0.15, 0.2) is 0 Å². The van der Waals surface area contributed by atoms with Gasteiger partial charge in [0, 0.05) is 6.54 Å². The molecule has 1 N–H and O–H groups in total. The molecule has 0 saturated heterocycles. The van der Waals surface area contributed by atoms with E-state index in [1.807, 2.05) is 6.20 Å². The highest BCUT2D eigenvalue weighted by Crippen LogP contribution is 2.13. The van der Waals surface area contributed by atoms with Crippen LogP contribution >= 0.6 is 0 Å². The number of hydrogen-bond acceptors (Lipinski definition) is 1. The molecular formula is C7H13N. The van der Waals surface area contributed by atoms with Gasteiger partial charge < -0.3 is 5.32 Å². The van der Waals surface area contributed by atoms with Crippen molar-refractivity contribution in [2.75, 3.05) is 6.54 Å². The van der Waals surface area contributed by atoms with E-state index < -0.39 is 0 Å². The number of rotatable bonds is 0. The van der Waals surface area contributed by atoms with Gasteiger partial charge >= 0.3 is 0 Å². The van der Waals surface area contributed by atoms with E-state index in [9.17, 15) is 0 Å². The van der Waals surface area contributed by atoms with Crippen molar-refractivity contribution in [3.63, 3.8) is 0 Å². The van der Waals surface area contributed by atoms with E-state index in [0.717, 1.165) is 18.4 Å². The molecule has 0 amide bonds. The first-order valence-corrected chi connectivity index (χ1v) is 3.21. The van der Waals surface area contributed by atoms with Crippen molar-refractivity contribution >= 4 is 0 Å². The third-order valence-electron chi connectivity index (χ3n) is 1.86. The third-order valence-corrected chi connectivity index (χ3v) is 1.86. The Balaban J connectivity index is 2.47. The van der Waals surface area contributed by atoms with Crippen LogP contribution in [0.5, 0.6) is 0 Å². The Bertz CT molecular complexity index is 96.6. The zero-order valence-corrected chi connectivity index (χ0v) is 5.52. The molecular weight excluding hydrogens is 98.1 g/mol. The molecule has 2 atom stereocenters. The number of allylic oxidation sites excluding steroid dienone is 1. The first-order chi connectivity index (χ1) is 3.80. The average molecular weight is 111 g/mol. The maximum absolute atomic E-state index is 3.18. The van der Waals surface area contributed by atoms with Crippen LogP contribution in [-0.2, 0) is 0 Å². The molecule has 0 aromatic carbocycles. The first-order valence-electron chi connectivity index (χ1n) is 3.21. The maximum atomic E-state index is 3.18. The van der Waals surface area contributed by atoms with Crippen molar-refractivity contribution in [3.8, 4) is 0 Å². The Morgan fingerprint density at radius 3 is 2.62 bits per heavy atom. The lowest BCUT2D eigenvalue weighted by atomic mass is 9.94. The molecule has 1 aliphatic rings. The van der Waals surface area contributed by atoms with E-state index in [0.29, 0.717) is 0 Å². The van der Waals surface area contributed by atoms with Crippen LogP contribution in [0.15, 0.2) is 12.3 Å². The molecule has 0 spiro atoms. The summed E-state index contributed by atoms with van der Waals surface area (Å²) >= 11 is 0. The normalized spacial score (nSPS) is 36.8. The molecule has 46 valence electrons. The van der Waals surface area contributed by atoms with Crippen molar-refractivity contribution in [2.45, 2.75) is 13.8 Å². The SMILES string of the molecule is CC1C=CNCC1C. The van der Waals surface area contributed by atoms with Crippen molar-refractivity contribution in [1.29, 1.82) is 0 Å². The zero-order chi connectivity index (χ0) is 5.98. The van der Waals surface area contributed by atoms with Crippen LogP contribution in [-0.4, -0.2) is 6.54 Å². The third kappa shape index (κ3) is 1.03. The first kappa shape index (κ1) is 5.67. The van der Waals surface area contributed by atoms with Crippen molar-refractivity contribution in [1.82, 2.24) is 5.32 Å². The lowest BCUT2D eigenvalue weighted by molar-refractivity contribution is 0.426. The fraction of sp³-hybridized carbons (Fsp3) is 0.714. The van der Waals surface area contributed by atoms with Gasteiger partial charge in [0.1, 0.15) is 0 Å². The molecule has 0 fully saturated rings. The summed E-state index contributed by atoms with van der Waals surface area (Å²) in [5.41, 5.74) is 0. The second-order valence-corrected chi connectivity index (χ2v) is 2.60. The standard InChI is InChI=1S/C7H13N/c1-6-3-4-8-5-7(6)2/h3-4,6-8H,5H2,1-2H3. The van der Waals surface area contributed by atoms with Gasteiger partial charge in [0.05, 0.1) is 0 Å². The van der Waals surface area contributed by atoms with E-state index in [1.165, 1.54) is 0 Å². The Morgan fingerprint density at radius 1 is 1.50 bits per heavy atom. The Morgan fingerprint density at radius 2 is 2.25 bits per heavy atom. The molecule has 1 heteroatoms. The fourth-order valence-electron chi connectivity index (χ4n) is 0.849. The minimum Gasteiger partial charge on any atom is -0.391 e. The van der Waals surface area contributed by atoms with Gasteiger partial charge in [0.2, 0.25) is 0 Å². The summed E-state index contributed by atoms with van der Waals surface area (Å²) in [4.78, 5) is 0. The Hall–Kier alpha value is -0.460. The van der Waals surface area contributed by atoms with Crippen LogP contribution in [0.25, 0.3) is 0 Å². The van der Waals surface area contributed by atoms with Gasteiger partial charge in [-0.1, -0.05) is 19.9 Å². The summed E-state index contributed by atoms with van der Waals surface area (Å²) in [7, 11) is 0. The number of hydrogen-bond donors (Lipinski definition) is 1. The minimum atomic E-state index is 0.760. The smallest absolute Gasteiger partial charge is 0.0172 e. The van der Waals surface area contributed by atoms with Gasteiger partial charge in [-0.05, 0) is 18.0 Å². The van der Waals surface area contributed by atoms with Gasteiger partial charge in [-0.25, -0.2) is 0 Å². The second kappa shape index (κ2) is 2.21. The molecule has 1 heterocycles. The summed E-state index contributed by atoms with van der Waals surface area (Å²) in [5.74, 6) is 1.57. The summed E-state index contributed by atoms with van der Waals surface area (Å²) in [6.07, 6.45) is 4.26. The lowest BCUT2D eigenvalue weighted by Crippen LogP contribution is -2.24. The van der Waals surface area contributed by atoms with Crippen molar-refractivity contribution in [3.05, 3.63) is 12.3 Å². The molecule has 2 unspecified atom stereocenters. The Kier molecular flexibility index (Phi) is 1.56. The van der Waals surface area contributed by atoms with Crippen LogP contribution in [0, 0.1) is 11.8 Å². The predicted molar refractivity (Wildman–Crippen MR) is 35.5 cm³/mol.